The van der Waals surface area contributed by atoms with Gasteiger partial charge in [0.15, 0.2) is 0 Å². The molecule has 0 aliphatic rings. The van der Waals surface area contributed by atoms with Crippen LogP contribution in [-0.2, 0) is 0 Å². The molecule has 0 amide bonds. The maximum Gasteiger partial charge on any atom is 0.266 e. The second-order valence-electron chi connectivity index (χ2n) is 6.91. The molecule has 1 aromatic carbocycles. The molecular weight excluding hydrogens is 428 g/mol. The molecule has 4 heterocycles. The molecule has 0 saturated heterocycles. The molecule has 10 heteroatoms. The Morgan fingerprint density at radius 1 is 0.938 bits per heavy atom. The van der Waals surface area contributed by atoms with E-state index in [2.05, 4.69) is 20.2 Å². The predicted molar refractivity (Wildman–Crippen MR) is 123 cm³/mol. The molecule has 0 aliphatic carbocycles. The second-order valence-corrected chi connectivity index (χ2v) is 8.14. The van der Waals surface area contributed by atoms with Crippen LogP contribution in [0.1, 0.15) is 6.92 Å². The standard InChI is InChI=1S/C22H18N6O3S/c1-3-32-22-24-21(25-26-22)28-11-9-18-16(20(28)30)12-15-17(23-18)8-10-27(19(15)29)13-4-6-14(31-2)7-5-13/h4-12H,3H2,1-2H3,(H,24,25,26). The number of aromatic amines is 1. The molecule has 5 aromatic rings. The number of hydrogen-bond acceptors (Lipinski definition) is 7. The van der Waals surface area contributed by atoms with Crippen LogP contribution in [0.25, 0.3) is 33.4 Å². The number of nitrogens with zero attached hydrogens (tertiary/aromatic N) is 5. The Hall–Kier alpha value is -3.92. The Morgan fingerprint density at radius 2 is 1.59 bits per heavy atom. The summed E-state index contributed by atoms with van der Waals surface area (Å²) >= 11 is 1.47. The molecule has 0 saturated carbocycles. The van der Waals surface area contributed by atoms with Crippen molar-refractivity contribution in [2.75, 3.05) is 12.9 Å². The zero-order valence-corrected chi connectivity index (χ0v) is 18.1. The zero-order valence-electron chi connectivity index (χ0n) is 17.3. The van der Waals surface area contributed by atoms with E-state index in [1.165, 1.54) is 20.9 Å². The van der Waals surface area contributed by atoms with Crippen LogP contribution in [0.4, 0.5) is 0 Å². The van der Waals surface area contributed by atoms with Gasteiger partial charge in [0.2, 0.25) is 11.1 Å². The van der Waals surface area contributed by atoms with Crippen LogP contribution in [0, 0.1) is 0 Å². The summed E-state index contributed by atoms with van der Waals surface area (Å²) in [6.45, 7) is 2.00. The molecule has 5 rings (SSSR count). The molecule has 0 atom stereocenters. The van der Waals surface area contributed by atoms with Gasteiger partial charge in [0.05, 0.1) is 28.9 Å². The fourth-order valence-electron chi connectivity index (χ4n) is 3.48. The number of rotatable bonds is 5. The van der Waals surface area contributed by atoms with Crippen LogP contribution >= 0.6 is 11.8 Å². The van der Waals surface area contributed by atoms with E-state index in [1.807, 2.05) is 6.92 Å². The Labute approximate surface area is 185 Å². The third kappa shape index (κ3) is 3.34. The minimum Gasteiger partial charge on any atom is -0.497 e. The Balaban J connectivity index is 1.67. The van der Waals surface area contributed by atoms with Crippen LogP contribution < -0.4 is 15.9 Å². The highest BCUT2D eigenvalue weighted by atomic mass is 32.2. The SMILES string of the molecule is CCSc1n[nH]c(-n2ccc3nc4ccn(-c5ccc(OC)cc5)c(=O)c4cc3c2=O)n1. The van der Waals surface area contributed by atoms with Crippen LogP contribution in [0.3, 0.4) is 0 Å². The van der Waals surface area contributed by atoms with Gasteiger partial charge in [0, 0.05) is 18.1 Å². The van der Waals surface area contributed by atoms with Gasteiger partial charge in [-0.3, -0.25) is 18.7 Å². The Morgan fingerprint density at radius 3 is 2.25 bits per heavy atom. The monoisotopic (exact) mass is 446 g/mol. The molecule has 0 radical (unpaired) electrons. The van der Waals surface area contributed by atoms with Crippen LogP contribution in [-0.4, -0.2) is 42.2 Å². The first-order chi connectivity index (χ1) is 15.6. The summed E-state index contributed by atoms with van der Waals surface area (Å²) in [6, 6.07) is 12.2. The van der Waals surface area contributed by atoms with E-state index in [0.717, 1.165) is 5.75 Å². The van der Waals surface area contributed by atoms with Crippen molar-refractivity contribution < 1.29 is 4.74 Å². The first kappa shape index (κ1) is 20.0. The lowest BCUT2D eigenvalue weighted by atomic mass is 10.2. The second kappa shape index (κ2) is 7.97. The van der Waals surface area contributed by atoms with Crippen molar-refractivity contribution in [3.05, 3.63) is 75.6 Å². The van der Waals surface area contributed by atoms with Crippen molar-refractivity contribution in [3.63, 3.8) is 0 Å². The highest BCUT2D eigenvalue weighted by Crippen LogP contribution is 2.18. The molecule has 160 valence electrons. The molecular formula is C22H18N6O3S. The highest BCUT2D eigenvalue weighted by molar-refractivity contribution is 7.99. The number of hydrogen-bond donors (Lipinski definition) is 1. The van der Waals surface area contributed by atoms with Crippen molar-refractivity contribution in [1.82, 2.24) is 29.3 Å². The van der Waals surface area contributed by atoms with Gasteiger partial charge in [-0.2, -0.15) is 4.98 Å². The van der Waals surface area contributed by atoms with Crippen molar-refractivity contribution in [2.45, 2.75) is 12.1 Å². The van der Waals surface area contributed by atoms with Gasteiger partial charge in [-0.05, 0) is 48.2 Å². The third-order valence-corrected chi connectivity index (χ3v) is 5.78. The third-order valence-electron chi connectivity index (χ3n) is 5.05. The largest absolute Gasteiger partial charge is 0.497 e. The van der Waals surface area contributed by atoms with Crippen LogP contribution in [0.15, 0.2) is 69.6 Å². The summed E-state index contributed by atoms with van der Waals surface area (Å²) in [5.74, 6) is 1.83. The maximum absolute atomic E-state index is 13.2. The van der Waals surface area contributed by atoms with Crippen molar-refractivity contribution in [3.8, 4) is 17.4 Å². The van der Waals surface area contributed by atoms with E-state index in [-0.39, 0.29) is 11.1 Å². The van der Waals surface area contributed by atoms with Crippen LogP contribution in [0.5, 0.6) is 5.75 Å². The molecule has 0 fully saturated rings. The van der Waals surface area contributed by atoms with Gasteiger partial charge < -0.3 is 4.74 Å². The summed E-state index contributed by atoms with van der Waals surface area (Å²) in [7, 11) is 1.59. The molecule has 32 heavy (non-hydrogen) atoms. The molecule has 4 aromatic heterocycles. The molecule has 0 spiro atoms. The number of ether oxygens (including phenoxy) is 1. The van der Waals surface area contributed by atoms with E-state index >= 15 is 0 Å². The lowest BCUT2D eigenvalue weighted by molar-refractivity contribution is 0.414. The van der Waals surface area contributed by atoms with Crippen molar-refractivity contribution >= 4 is 33.6 Å². The average molecular weight is 446 g/mol. The van der Waals surface area contributed by atoms with Crippen LogP contribution in [0.2, 0.25) is 0 Å². The predicted octanol–water partition coefficient (Wildman–Crippen LogP) is 2.93. The number of aromatic nitrogens is 6. The first-order valence-electron chi connectivity index (χ1n) is 9.87. The van der Waals surface area contributed by atoms with Gasteiger partial charge in [-0.1, -0.05) is 18.7 Å². The van der Waals surface area contributed by atoms with E-state index in [4.69, 9.17) is 4.74 Å². The normalized spacial score (nSPS) is 11.3. The smallest absolute Gasteiger partial charge is 0.266 e. The molecule has 0 aliphatic heterocycles. The van der Waals surface area contributed by atoms with Crippen molar-refractivity contribution in [2.24, 2.45) is 0 Å². The number of thioether (sulfide) groups is 1. The van der Waals surface area contributed by atoms with Gasteiger partial charge >= 0.3 is 0 Å². The molecule has 0 unspecified atom stereocenters. The maximum atomic E-state index is 13.2. The Bertz CT molecular complexity index is 1570. The van der Waals surface area contributed by atoms with Gasteiger partial charge in [-0.15, -0.1) is 5.10 Å². The summed E-state index contributed by atoms with van der Waals surface area (Å²) in [4.78, 5) is 35.3. The topological polar surface area (TPSA) is 108 Å². The number of benzene rings is 1. The summed E-state index contributed by atoms with van der Waals surface area (Å²) in [6.07, 6.45) is 3.27. The van der Waals surface area contributed by atoms with E-state index in [9.17, 15) is 9.59 Å². The molecule has 1 N–H and O–H groups in total. The van der Waals surface area contributed by atoms with Gasteiger partial charge in [0.1, 0.15) is 5.75 Å². The summed E-state index contributed by atoms with van der Waals surface area (Å²) < 4.78 is 8.07. The summed E-state index contributed by atoms with van der Waals surface area (Å²) in [5, 5.41) is 8.14. The molecule has 0 bridgehead atoms. The minimum absolute atomic E-state index is 0.266. The fraction of sp³-hybridized carbons (Fsp3) is 0.136. The number of pyridine rings is 3. The number of nitrogens with one attached hydrogen (secondary N) is 1. The van der Waals surface area contributed by atoms with Crippen molar-refractivity contribution in [1.29, 1.82) is 0 Å². The lowest BCUT2D eigenvalue weighted by Crippen LogP contribution is -2.21. The number of methoxy groups -OCH3 is 1. The summed E-state index contributed by atoms with van der Waals surface area (Å²) in [5.41, 5.74) is 1.11. The number of fused-ring (bicyclic) bond motifs is 2. The quantitative estimate of drug-likeness (QED) is 0.327. The molecule has 9 nitrogen and oxygen atoms in total. The average Bonchev–Trinajstić information content (AvgIpc) is 3.27. The lowest BCUT2D eigenvalue weighted by Gasteiger charge is -2.09. The first-order valence-corrected chi connectivity index (χ1v) is 10.9. The fourth-order valence-corrected chi connectivity index (χ4v) is 4.00. The van der Waals surface area contributed by atoms with E-state index < -0.39 is 0 Å². The highest BCUT2D eigenvalue weighted by Gasteiger charge is 2.13. The zero-order chi connectivity index (χ0) is 22.2. The van der Waals surface area contributed by atoms with E-state index in [0.29, 0.717) is 44.3 Å². The van der Waals surface area contributed by atoms with Gasteiger partial charge in [0.25, 0.3) is 11.1 Å². The number of H-pyrrole nitrogens is 1. The Kier molecular flexibility index (Phi) is 4.98. The minimum atomic E-state index is -0.333. The van der Waals surface area contributed by atoms with E-state index in [1.54, 1.807) is 62.0 Å². The van der Waals surface area contributed by atoms with Gasteiger partial charge in [-0.25, -0.2) is 10.1 Å².